The molecule has 1 atom stereocenters. The summed E-state index contributed by atoms with van der Waals surface area (Å²) in [6, 6.07) is 0. The van der Waals surface area contributed by atoms with Crippen molar-refractivity contribution in [2.24, 2.45) is 0 Å². The largest absolute Gasteiger partial charge is 0.387 e. The molecule has 1 aliphatic heterocycles. The van der Waals surface area contributed by atoms with Crippen LogP contribution in [-0.4, -0.2) is 45.8 Å². The number of aromatic nitrogens is 2. The molecule has 1 amide bonds. The van der Waals surface area contributed by atoms with E-state index in [0.29, 0.717) is 24.8 Å². The van der Waals surface area contributed by atoms with E-state index in [4.69, 9.17) is 9.63 Å². The molecular formula is C10H15N3O3. The number of aliphatic hydroxyl groups is 1. The Morgan fingerprint density at radius 3 is 3.12 bits per heavy atom. The third-order valence-electron chi connectivity index (χ3n) is 2.80. The molecule has 0 radical (unpaired) electrons. The number of hydrogen-bond donors (Lipinski definition) is 1. The summed E-state index contributed by atoms with van der Waals surface area (Å²) >= 11 is 0. The number of aryl methyl sites for hydroxylation is 1. The summed E-state index contributed by atoms with van der Waals surface area (Å²) in [4.78, 5) is 17.2. The molecule has 6 nitrogen and oxygen atoms in total. The SMILES string of the molecule is Cc1noc(C2CCCN(C(=O)CO)C2)n1. The molecule has 2 heterocycles. The average Bonchev–Trinajstić information content (AvgIpc) is 2.75. The van der Waals surface area contributed by atoms with Crippen molar-refractivity contribution < 1.29 is 14.4 Å². The maximum atomic E-state index is 11.4. The second-order valence-electron chi connectivity index (χ2n) is 4.02. The van der Waals surface area contributed by atoms with Gasteiger partial charge in [-0.15, -0.1) is 0 Å². The van der Waals surface area contributed by atoms with Gasteiger partial charge in [0.15, 0.2) is 5.82 Å². The van der Waals surface area contributed by atoms with Crippen LogP contribution in [0.25, 0.3) is 0 Å². The lowest BCUT2D eigenvalue weighted by Gasteiger charge is -2.30. The smallest absolute Gasteiger partial charge is 0.248 e. The zero-order valence-electron chi connectivity index (χ0n) is 9.22. The van der Waals surface area contributed by atoms with Crippen LogP contribution in [0.3, 0.4) is 0 Å². The van der Waals surface area contributed by atoms with Gasteiger partial charge in [0.2, 0.25) is 11.8 Å². The molecule has 2 rings (SSSR count). The lowest BCUT2D eigenvalue weighted by molar-refractivity contribution is -0.135. The second-order valence-corrected chi connectivity index (χ2v) is 4.02. The third-order valence-corrected chi connectivity index (χ3v) is 2.80. The number of aliphatic hydroxyl groups excluding tert-OH is 1. The number of rotatable bonds is 2. The van der Waals surface area contributed by atoms with Gasteiger partial charge in [0.05, 0.1) is 5.92 Å². The van der Waals surface area contributed by atoms with Gasteiger partial charge in [-0.2, -0.15) is 4.98 Å². The monoisotopic (exact) mass is 225 g/mol. The first kappa shape index (κ1) is 11.1. The Morgan fingerprint density at radius 2 is 2.50 bits per heavy atom. The normalized spacial score (nSPS) is 21.1. The van der Waals surface area contributed by atoms with Crippen molar-refractivity contribution in [3.8, 4) is 0 Å². The molecule has 16 heavy (non-hydrogen) atoms. The van der Waals surface area contributed by atoms with E-state index in [1.54, 1.807) is 11.8 Å². The van der Waals surface area contributed by atoms with Crippen molar-refractivity contribution in [1.82, 2.24) is 15.0 Å². The van der Waals surface area contributed by atoms with E-state index in [0.717, 1.165) is 12.8 Å². The van der Waals surface area contributed by atoms with Crippen molar-refractivity contribution >= 4 is 5.91 Å². The highest BCUT2D eigenvalue weighted by Gasteiger charge is 2.27. The minimum absolute atomic E-state index is 0.102. The number of amides is 1. The molecule has 1 aromatic rings. The van der Waals surface area contributed by atoms with E-state index in [1.807, 2.05) is 0 Å². The summed E-state index contributed by atoms with van der Waals surface area (Å²) in [6.45, 7) is 2.59. The Bertz CT molecular complexity index is 377. The van der Waals surface area contributed by atoms with Gasteiger partial charge in [0.25, 0.3) is 0 Å². The number of nitrogens with zero attached hydrogens (tertiary/aromatic N) is 3. The standard InChI is InChI=1S/C10H15N3O3/c1-7-11-10(16-12-7)8-3-2-4-13(5-8)9(15)6-14/h8,14H,2-6H2,1H3. The van der Waals surface area contributed by atoms with Crippen LogP contribution in [0.5, 0.6) is 0 Å². The lowest BCUT2D eigenvalue weighted by atomic mass is 9.98. The predicted molar refractivity (Wildman–Crippen MR) is 54.7 cm³/mol. The van der Waals surface area contributed by atoms with E-state index < -0.39 is 6.61 Å². The highest BCUT2D eigenvalue weighted by Crippen LogP contribution is 2.25. The maximum Gasteiger partial charge on any atom is 0.248 e. The molecule has 6 heteroatoms. The van der Waals surface area contributed by atoms with E-state index >= 15 is 0 Å². The molecule has 88 valence electrons. The average molecular weight is 225 g/mol. The van der Waals surface area contributed by atoms with E-state index in [1.165, 1.54) is 0 Å². The van der Waals surface area contributed by atoms with E-state index in [2.05, 4.69) is 10.1 Å². The summed E-state index contributed by atoms with van der Waals surface area (Å²) < 4.78 is 5.10. The summed E-state index contributed by atoms with van der Waals surface area (Å²) in [6.07, 6.45) is 1.84. The van der Waals surface area contributed by atoms with Crippen LogP contribution in [0, 0.1) is 6.92 Å². The Morgan fingerprint density at radius 1 is 1.69 bits per heavy atom. The van der Waals surface area contributed by atoms with E-state index in [-0.39, 0.29) is 11.8 Å². The number of likely N-dealkylation sites (tertiary alicyclic amines) is 1. The quantitative estimate of drug-likeness (QED) is 0.770. The van der Waals surface area contributed by atoms with Crippen molar-refractivity contribution in [2.75, 3.05) is 19.7 Å². The van der Waals surface area contributed by atoms with Crippen molar-refractivity contribution in [3.63, 3.8) is 0 Å². The topological polar surface area (TPSA) is 79.5 Å². The van der Waals surface area contributed by atoms with Gasteiger partial charge in [-0.3, -0.25) is 4.79 Å². The molecule has 1 aromatic heterocycles. The van der Waals surface area contributed by atoms with Gasteiger partial charge in [0, 0.05) is 13.1 Å². The molecule has 1 unspecified atom stereocenters. The molecular weight excluding hydrogens is 210 g/mol. The van der Waals surface area contributed by atoms with Crippen LogP contribution in [0.4, 0.5) is 0 Å². The van der Waals surface area contributed by atoms with Gasteiger partial charge in [-0.25, -0.2) is 0 Å². The first-order valence-electron chi connectivity index (χ1n) is 5.39. The zero-order chi connectivity index (χ0) is 11.5. The van der Waals surface area contributed by atoms with Crippen molar-refractivity contribution in [2.45, 2.75) is 25.7 Å². The Balaban J connectivity index is 2.04. The number of piperidine rings is 1. The first-order valence-corrected chi connectivity index (χ1v) is 5.39. The van der Waals surface area contributed by atoms with Crippen LogP contribution in [0.1, 0.15) is 30.5 Å². The van der Waals surface area contributed by atoms with Gasteiger partial charge >= 0.3 is 0 Å². The first-order chi connectivity index (χ1) is 7.70. The Kier molecular flexibility index (Phi) is 3.19. The molecule has 1 aliphatic rings. The summed E-state index contributed by atoms with van der Waals surface area (Å²) in [7, 11) is 0. The third kappa shape index (κ3) is 2.21. The van der Waals surface area contributed by atoms with Gasteiger partial charge in [-0.1, -0.05) is 5.16 Å². The van der Waals surface area contributed by atoms with E-state index in [9.17, 15) is 4.79 Å². The summed E-state index contributed by atoms with van der Waals surface area (Å²) in [5.41, 5.74) is 0. The second kappa shape index (κ2) is 4.61. The van der Waals surface area contributed by atoms with Gasteiger partial charge in [0.1, 0.15) is 6.61 Å². The molecule has 0 aliphatic carbocycles. The fourth-order valence-corrected chi connectivity index (χ4v) is 1.98. The zero-order valence-corrected chi connectivity index (χ0v) is 9.22. The fourth-order valence-electron chi connectivity index (χ4n) is 1.98. The minimum atomic E-state index is -0.435. The van der Waals surface area contributed by atoms with Crippen LogP contribution in [-0.2, 0) is 4.79 Å². The molecule has 0 aromatic carbocycles. The van der Waals surface area contributed by atoms with Crippen LogP contribution < -0.4 is 0 Å². The molecule has 0 spiro atoms. The van der Waals surface area contributed by atoms with Gasteiger partial charge in [-0.05, 0) is 19.8 Å². The molecule has 1 fully saturated rings. The maximum absolute atomic E-state index is 11.4. The van der Waals surface area contributed by atoms with Gasteiger partial charge < -0.3 is 14.5 Å². The van der Waals surface area contributed by atoms with Crippen LogP contribution in [0.15, 0.2) is 4.52 Å². The Hall–Kier alpha value is -1.43. The highest BCUT2D eigenvalue weighted by atomic mass is 16.5. The summed E-state index contributed by atoms with van der Waals surface area (Å²) in [5.74, 6) is 1.07. The highest BCUT2D eigenvalue weighted by molar-refractivity contribution is 5.77. The molecule has 1 saturated heterocycles. The van der Waals surface area contributed by atoms with Crippen molar-refractivity contribution in [1.29, 1.82) is 0 Å². The number of carbonyl (C=O) groups excluding carboxylic acids is 1. The number of carbonyl (C=O) groups is 1. The lowest BCUT2D eigenvalue weighted by Crippen LogP contribution is -2.40. The Labute approximate surface area is 93.2 Å². The minimum Gasteiger partial charge on any atom is -0.387 e. The summed E-state index contributed by atoms with van der Waals surface area (Å²) in [5, 5.41) is 12.5. The fraction of sp³-hybridized carbons (Fsp3) is 0.700. The van der Waals surface area contributed by atoms with Crippen LogP contribution >= 0.6 is 0 Å². The predicted octanol–water partition coefficient (Wildman–Crippen LogP) is 0.0763. The molecule has 0 saturated carbocycles. The van der Waals surface area contributed by atoms with Crippen molar-refractivity contribution in [3.05, 3.63) is 11.7 Å². The number of hydrogen-bond acceptors (Lipinski definition) is 5. The molecule has 1 N–H and O–H groups in total. The van der Waals surface area contributed by atoms with Crippen LogP contribution in [0.2, 0.25) is 0 Å². The molecule has 0 bridgehead atoms.